The Bertz CT molecular complexity index is 664. The number of likely N-dealkylation sites (N-methyl/N-ethyl adjacent to an activating group) is 1. The topological polar surface area (TPSA) is 87.0 Å². The molecule has 0 atom stereocenters. The molecule has 0 aliphatic carbocycles. The zero-order valence-corrected chi connectivity index (χ0v) is 16.6. The van der Waals surface area contributed by atoms with Gasteiger partial charge >= 0.3 is 0 Å². The molecule has 0 saturated carbocycles. The van der Waals surface area contributed by atoms with Crippen LogP contribution in [-0.2, 0) is 9.59 Å². The molecule has 1 aromatic rings. The quantitative estimate of drug-likeness (QED) is 0.676. The highest BCUT2D eigenvalue weighted by atomic mass is 16.2. The van der Waals surface area contributed by atoms with E-state index in [-0.39, 0.29) is 29.8 Å². The zero-order valence-electron chi connectivity index (χ0n) is 16.6. The van der Waals surface area contributed by atoms with Gasteiger partial charge in [-0.25, -0.2) is 0 Å². The first-order chi connectivity index (χ1) is 12.7. The molecular formula is C19H30N5O3+. The lowest BCUT2D eigenvalue weighted by atomic mass is 10.1. The predicted molar refractivity (Wildman–Crippen MR) is 101 cm³/mol. The third-order valence-corrected chi connectivity index (χ3v) is 4.35. The number of piperazine rings is 1. The van der Waals surface area contributed by atoms with Gasteiger partial charge in [0.2, 0.25) is 5.91 Å². The van der Waals surface area contributed by atoms with Crippen molar-refractivity contribution in [2.45, 2.75) is 26.3 Å². The van der Waals surface area contributed by atoms with E-state index in [2.05, 4.69) is 10.3 Å². The van der Waals surface area contributed by atoms with Gasteiger partial charge in [-0.3, -0.25) is 19.4 Å². The summed E-state index contributed by atoms with van der Waals surface area (Å²) in [6.07, 6.45) is 1.56. The van der Waals surface area contributed by atoms with Gasteiger partial charge in [0.1, 0.15) is 5.69 Å². The molecule has 0 bridgehead atoms. The fourth-order valence-corrected chi connectivity index (χ4v) is 3.00. The van der Waals surface area contributed by atoms with Crippen LogP contribution in [0.3, 0.4) is 0 Å². The van der Waals surface area contributed by atoms with E-state index >= 15 is 0 Å². The summed E-state index contributed by atoms with van der Waals surface area (Å²) in [4.78, 5) is 45.2. The third-order valence-electron chi connectivity index (χ3n) is 4.35. The molecule has 1 aliphatic heterocycles. The van der Waals surface area contributed by atoms with Crippen LogP contribution in [0.4, 0.5) is 0 Å². The molecule has 1 aromatic heterocycles. The average Bonchev–Trinajstić information content (AvgIpc) is 2.60. The fourth-order valence-electron chi connectivity index (χ4n) is 3.00. The van der Waals surface area contributed by atoms with Crippen LogP contribution in [0.15, 0.2) is 24.4 Å². The van der Waals surface area contributed by atoms with Crippen molar-refractivity contribution < 1.29 is 19.3 Å². The maximum atomic E-state index is 12.5. The molecule has 8 nitrogen and oxygen atoms in total. The van der Waals surface area contributed by atoms with Gasteiger partial charge in [0.25, 0.3) is 11.8 Å². The van der Waals surface area contributed by atoms with E-state index in [1.54, 1.807) is 36.3 Å². The lowest BCUT2D eigenvalue weighted by Crippen LogP contribution is -3.16. The van der Waals surface area contributed by atoms with Crippen molar-refractivity contribution in [3.8, 4) is 0 Å². The standard InChI is InChI=1S/C19H29N5O3/c1-19(2,3)21-16(25)13-23-9-11-24(12-10-23)17(26)14-22(4)18(27)15-7-5-6-8-20-15/h5-8H,9-14H2,1-4H3,(H,21,25)/p+1. The number of carbonyl (C=O) groups is 3. The SMILES string of the molecule is CN(CC(=O)N1CC[NH+](CC(=O)NC(C)(C)C)CC1)C(=O)c1ccccn1. The summed E-state index contributed by atoms with van der Waals surface area (Å²) in [5.74, 6) is -0.329. The number of carbonyl (C=O) groups excluding carboxylic acids is 3. The molecular weight excluding hydrogens is 346 g/mol. The first-order valence-electron chi connectivity index (χ1n) is 9.24. The van der Waals surface area contributed by atoms with Gasteiger partial charge in [-0.2, -0.15) is 0 Å². The molecule has 2 rings (SSSR count). The minimum absolute atomic E-state index is 0.0231. The van der Waals surface area contributed by atoms with Crippen LogP contribution in [0.1, 0.15) is 31.3 Å². The van der Waals surface area contributed by atoms with Gasteiger partial charge in [-0.15, -0.1) is 0 Å². The minimum Gasteiger partial charge on any atom is -0.347 e. The molecule has 148 valence electrons. The monoisotopic (exact) mass is 376 g/mol. The summed E-state index contributed by atoms with van der Waals surface area (Å²) in [5, 5.41) is 2.96. The Morgan fingerprint density at radius 1 is 1.22 bits per heavy atom. The number of nitrogens with one attached hydrogen (secondary N) is 2. The lowest BCUT2D eigenvalue weighted by molar-refractivity contribution is -0.896. The number of hydrogen-bond acceptors (Lipinski definition) is 4. The van der Waals surface area contributed by atoms with E-state index in [0.717, 1.165) is 13.1 Å². The minimum atomic E-state index is -0.271. The first-order valence-corrected chi connectivity index (χ1v) is 9.24. The third kappa shape index (κ3) is 6.63. The molecule has 0 unspecified atom stereocenters. The summed E-state index contributed by atoms with van der Waals surface area (Å²) < 4.78 is 0. The van der Waals surface area contributed by atoms with Gasteiger partial charge < -0.3 is 20.0 Å². The van der Waals surface area contributed by atoms with Crippen molar-refractivity contribution in [3.05, 3.63) is 30.1 Å². The highest BCUT2D eigenvalue weighted by molar-refractivity contribution is 5.94. The van der Waals surface area contributed by atoms with Crippen molar-refractivity contribution in [3.63, 3.8) is 0 Å². The van der Waals surface area contributed by atoms with Crippen LogP contribution >= 0.6 is 0 Å². The van der Waals surface area contributed by atoms with Crippen LogP contribution in [0, 0.1) is 0 Å². The normalized spacial score (nSPS) is 15.3. The van der Waals surface area contributed by atoms with E-state index in [9.17, 15) is 14.4 Å². The molecule has 1 saturated heterocycles. The Kier molecular flexibility index (Phi) is 6.90. The second kappa shape index (κ2) is 8.94. The molecule has 1 aliphatic rings. The summed E-state index contributed by atoms with van der Waals surface area (Å²) in [6.45, 7) is 8.93. The number of amides is 3. The summed E-state index contributed by atoms with van der Waals surface area (Å²) in [5.41, 5.74) is 0.0888. The van der Waals surface area contributed by atoms with Crippen molar-refractivity contribution in [1.82, 2.24) is 20.1 Å². The predicted octanol–water partition coefficient (Wildman–Crippen LogP) is -1.20. The highest BCUT2D eigenvalue weighted by Crippen LogP contribution is 2.01. The van der Waals surface area contributed by atoms with Crippen molar-refractivity contribution in [1.29, 1.82) is 0 Å². The Morgan fingerprint density at radius 3 is 2.44 bits per heavy atom. The van der Waals surface area contributed by atoms with Gasteiger partial charge in [0.15, 0.2) is 6.54 Å². The summed E-state index contributed by atoms with van der Waals surface area (Å²) in [7, 11) is 1.60. The zero-order chi connectivity index (χ0) is 20.0. The van der Waals surface area contributed by atoms with Crippen molar-refractivity contribution >= 4 is 17.7 Å². The molecule has 3 amide bonds. The van der Waals surface area contributed by atoms with Crippen LogP contribution in [-0.4, -0.2) is 84.4 Å². The van der Waals surface area contributed by atoms with Crippen LogP contribution in [0.25, 0.3) is 0 Å². The smallest absolute Gasteiger partial charge is 0.275 e. The van der Waals surface area contributed by atoms with Crippen molar-refractivity contribution in [2.75, 3.05) is 46.3 Å². The van der Waals surface area contributed by atoms with Gasteiger partial charge in [0.05, 0.1) is 32.7 Å². The average molecular weight is 376 g/mol. The number of hydrogen-bond donors (Lipinski definition) is 2. The Labute approximate surface area is 160 Å². The fraction of sp³-hybridized carbons (Fsp3) is 0.579. The molecule has 0 aromatic carbocycles. The Hall–Kier alpha value is -2.48. The van der Waals surface area contributed by atoms with Gasteiger partial charge in [-0.05, 0) is 32.9 Å². The Morgan fingerprint density at radius 2 is 1.89 bits per heavy atom. The first kappa shape index (κ1) is 20.8. The second-order valence-corrected chi connectivity index (χ2v) is 7.98. The number of rotatable bonds is 5. The van der Waals surface area contributed by atoms with E-state index in [1.807, 2.05) is 20.8 Å². The van der Waals surface area contributed by atoms with Crippen molar-refractivity contribution in [2.24, 2.45) is 0 Å². The molecule has 0 radical (unpaired) electrons. The van der Waals surface area contributed by atoms with Crippen LogP contribution in [0.2, 0.25) is 0 Å². The molecule has 2 N–H and O–H groups in total. The second-order valence-electron chi connectivity index (χ2n) is 7.98. The van der Waals surface area contributed by atoms with E-state index in [1.165, 1.54) is 9.80 Å². The molecule has 27 heavy (non-hydrogen) atoms. The van der Waals surface area contributed by atoms with Gasteiger partial charge in [-0.1, -0.05) is 6.07 Å². The summed E-state index contributed by atoms with van der Waals surface area (Å²) >= 11 is 0. The number of nitrogens with zero attached hydrogens (tertiary/aromatic N) is 3. The maximum Gasteiger partial charge on any atom is 0.275 e. The largest absolute Gasteiger partial charge is 0.347 e. The number of quaternary nitrogens is 1. The van der Waals surface area contributed by atoms with Crippen LogP contribution in [0.5, 0.6) is 0 Å². The maximum absolute atomic E-state index is 12.5. The number of pyridine rings is 1. The van der Waals surface area contributed by atoms with E-state index in [0.29, 0.717) is 25.3 Å². The van der Waals surface area contributed by atoms with E-state index in [4.69, 9.17) is 0 Å². The lowest BCUT2D eigenvalue weighted by Gasteiger charge is -2.33. The molecule has 1 fully saturated rings. The Balaban J connectivity index is 1.77. The van der Waals surface area contributed by atoms with Gasteiger partial charge in [0, 0.05) is 18.8 Å². The molecule has 8 heteroatoms. The number of aromatic nitrogens is 1. The summed E-state index contributed by atoms with van der Waals surface area (Å²) in [6, 6.07) is 5.12. The van der Waals surface area contributed by atoms with Crippen LogP contribution < -0.4 is 10.2 Å². The highest BCUT2D eigenvalue weighted by Gasteiger charge is 2.27. The molecule has 2 heterocycles. The molecule has 0 spiro atoms. The van der Waals surface area contributed by atoms with E-state index < -0.39 is 0 Å².